The molecule has 0 saturated heterocycles. The van der Waals surface area contributed by atoms with Gasteiger partial charge >= 0.3 is 5.97 Å². The van der Waals surface area contributed by atoms with Crippen molar-refractivity contribution in [2.45, 2.75) is 20.0 Å². The number of ether oxygens (including phenoxy) is 2. The molecule has 2 aromatic rings. The molecule has 0 radical (unpaired) electrons. The highest BCUT2D eigenvalue weighted by Crippen LogP contribution is 2.14. The quantitative estimate of drug-likeness (QED) is 0.460. The number of hydrogen-bond donors (Lipinski definition) is 0. The van der Waals surface area contributed by atoms with Crippen LogP contribution in [0.1, 0.15) is 28.4 Å². The van der Waals surface area contributed by atoms with Gasteiger partial charge < -0.3 is 9.47 Å². The molecular formula is C20H20O4. The van der Waals surface area contributed by atoms with Crippen LogP contribution >= 0.6 is 0 Å². The molecule has 0 aliphatic carbocycles. The lowest BCUT2D eigenvalue weighted by Gasteiger charge is -2.11. The topological polar surface area (TPSA) is 52.6 Å². The molecule has 2 rings (SSSR count). The number of rotatable bonds is 6. The third kappa shape index (κ3) is 4.81. The van der Waals surface area contributed by atoms with Gasteiger partial charge in [0.1, 0.15) is 5.75 Å². The van der Waals surface area contributed by atoms with Gasteiger partial charge in [0.2, 0.25) is 5.78 Å². The van der Waals surface area contributed by atoms with Crippen LogP contribution in [0.2, 0.25) is 0 Å². The van der Waals surface area contributed by atoms with Crippen molar-refractivity contribution < 1.29 is 19.1 Å². The van der Waals surface area contributed by atoms with Gasteiger partial charge in [0.05, 0.1) is 7.11 Å². The summed E-state index contributed by atoms with van der Waals surface area (Å²) in [6.07, 6.45) is 2.14. The van der Waals surface area contributed by atoms with Gasteiger partial charge in [-0.3, -0.25) is 4.79 Å². The summed E-state index contributed by atoms with van der Waals surface area (Å²) in [4.78, 5) is 24.1. The van der Waals surface area contributed by atoms with Crippen molar-refractivity contribution in [3.63, 3.8) is 0 Å². The van der Waals surface area contributed by atoms with Crippen LogP contribution in [0.5, 0.6) is 5.75 Å². The zero-order chi connectivity index (χ0) is 17.5. The lowest BCUT2D eigenvalue weighted by molar-refractivity contribution is -0.140. The van der Waals surface area contributed by atoms with Crippen LogP contribution in [0.25, 0.3) is 6.08 Å². The Kier molecular flexibility index (Phi) is 5.90. The highest BCUT2D eigenvalue weighted by Gasteiger charge is 2.18. The van der Waals surface area contributed by atoms with E-state index >= 15 is 0 Å². The van der Waals surface area contributed by atoms with Gasteiger partial charge in [0, 0.05) is 11.6 Å². The van der Waals surface area contributed by atoms with E-state index in [2.05, 4.69) is 0 Å². The number of carbonyl (C=O) groups excluding carboxylic acids is 2. The molecule has 0 amide bonds. The lowest BCUT2D eigenvalue weighted by Crippen LogP contribution is -2.23. The van der Waals surface area contributed by atoms with E-state index in [4.69, 9.17) is 9.47 Å². The van der Waals surface area contributed by atoms with Crippen LogP contribution in [-0.4, -0.2) is 25.0 Å². The smallest absolute Gasteiger partial charge is 0.331 e. The molecule has 124 valence electrons. The first kappa shape index (κ1) is 17.5. The minimum Gasteiger partial charge on any atom is -0.497 e. The average Bonchev–Trinajstić information content (AvgIpc) is 2.59. The summed E-state index contributed by atoms with van der Waals surface area (Å²) in [7, 11) is 1.56. The van der Waals surface area contributed by atoms with Crippen LogP contribution in [0.4, 0.5) is 0 Å². The zero-order valence-electron chi connectivity index (χ0n) is 14.0. The summed E-state index contributed by atoms with van der Waals surface area (Å²) in [5, 5.41) is 0. The summed E-state index contributed by atoms with van der Waals surface area (Å²) < 4.78 is 10.2. The average molecular weight is 324 g/mol. The molecule has 0 fully saturated rings. The number of carbonyl (C=O) groups is 2. The Labute approximate surface area is 141 Å². The fourth-order valence-electron chi connectivity index (χ4n) is 2.20. The van der Waals surface area contributed by atoms with E-state index in [0.29, 0.717) is 11.3 Å². The minimum absolute atomic E-state index is 0.255. The molecule has 0 spiro atoms. The standard InChI is InChI=1S/C20H20O4/c1-14-5-4-6-16(13-14)7-12-19(21)24-15(2)20(22)17-8-10-18(23-3)11-9-17/h4-13,15H,1-3H3/b12-7+/t15-/m1/s1. The molecule has 0 saturated carbocycles. The van der Waals surface area contributed by atoms with Gasteiger partial charge in [-0.05, 0) is 49.8 Å². The number of methoxy groups -OCH3 is 1. The van der Waals surface area contributed by atoms with E-state index in [9.17, 15) is 9.59 Å². The van der Waals surface area contributed by atoms with E-state index < -0.39 is 12.1 Å². The molecule has 4 heteroatoms. The van der Waals surface area contributed by atoms with Crippen molar-refractivity contribution in [2.75, 3.05) is 7.11 Å². The second kappa shape index (κ2) is 8.11. The Morgan fingerprint density at radius 1 is 1.08 bits per heavy atom. The summed E-state index contributed by atoms with van der Waals surface area (Å²) >= 11 is 0. The van der Waals surface area contributed by atoms with E-state index in [0.717, 1.165) is 11.1 Å². The predicted molar refractivity (Wildman–Crippen MR) is 93.1 cm³/mol. The van der Waals surface area contributed by atoms with Gasteiger partial charge in [-0.25, -0.2) is 4.79 Å². The molecule has 0 aromatic heterocycles. The van der Waals surface area contributed by atoms with Crippen LogP contribution in [0, 0.1) is 6.92 Å². The summed E-state index contributed by atoms with van der Waals surface area (Å²) in [5.41, 5.74) is 2.48. The first-order chi connectivity index (χ1) is 11.5. The summed E-state index contributed by atoms with van der Waals surface area (Å²) in [6, 6.07) is 14.4. The van der Waals surface area contributed by atoms with Crippen LogP contribution in [0.3, 0.4) is 0 Å². The molecule has 0 aliphatic rings. The molecule has 24 heavy (non-hydrogen) atoms. The Bertz CT molecular complexity index is 744. The van der Waals surface area contributed by atoms with E-state index in [1.165, 1.54) is 6.08 Å². The Morgan fingerprint density at radius 3 is 2.42 bits per heavy atom. The second-order valence-electron chi connectivity index (χ2n) is 5.42. The predicted octanol–water partition coefficient (Wildman–Crippen LogP) is 3.83. The number of ketones is 1. The highest BCUT2D eigenvalue weighted by atomic mass is 16.5. The van der Waals surface area contributed by atoms with Crippen molar-refractivity contribution >= 4 is 17.8 Å². The van der Waals surface area contributed by atoms with E-state index in [-0.39, 0.29) is 5.78 Å². The SMILES string of the molecule is COc1ccc(C(=O)[C@@H](C)OC(=O)/C=C/c2cccc(C)c2)cc1. The Hall–Kier alpha value is -2.88. The number of benzene rings is 2. The van der Waals surface area contributed by atoms with E-state index in [1.807, 2.05) is 31.2 Å². The summed E-state index contributed by atoms with van der Waals surface area (Å²) in [6.45, 7) is 3.54. The molecule has 1 atom stereocenters. The summed E-state index contributed by atoms with van der Waals surface area (Å²) in [5.74, 6) is -0.141. The van der Waals surface area contributed by atoms with Gasteiger partial charge in [-0.1, -0.05) is 29.8 Å². The van der Waals surface area contributed by atoms with Gasteiger partial charge in [0.15, 0.2) is 6.10 Å². The Balaban J connectivity index is 1.96. The monoisotopic (exact) mass is 324 g/mol. The molecule has 2 aromatic carbocycles. The van der Waals surface area contributed by atoms with Crippen molar-refractivity contribution in [1.29, 1.82) is 0 Å². The van der Waals surface area contributed by atoms with E-state index in [1.54, 1.807) is 44.4 Å². The number of esters is 1. The fourth-order valence-corrected chi connectivity index (χ4v) is 2.20. The maximum Gasteiger partial charge on any atom is 0.331 e. The zero-order valence-corrected chi connectivity index (χ0v) is 14.0. The van der Waals surface area contributed by atoms with Crippen molar-refractivity contribution in [3.8, 4) is 5.75 Å². The number of aryl methyl sites for hydroxylation is 1. The third-order valence-corrected chi connectivity index (χ3v) is 3.49. The van der Waals surface area contributed by atoms with Crippen LogP contribution in [-0.2, 0) is 9.53 Å². The molecule has 0 unspecified atom stereocenters. The fraction of sp³-hybridized carbons (Fsp3) is 0.200. The van der Waals surface area contributed by atoms with Gasteiger partial charge in [-0.2, -0.15) is 0 Å². The lowest BCUT2D eigenvalue weighted by atomic mass is 10.1. The van der Waals surface area contributed by atoms with Gasteiger partial charge in [0.25, 0.3) is 0 Å². The molecular weight excluding hydrogens is 304 g/mol. The van der Waals surface area contributed by atoms with Gasteiger partial charge in [-0.15, -0.1) is 0 Å². The first-order valence-corrected chi connectivity index (χ1v) is 7.63. The minimum atomic E-state index is -0.854. The third-order valence-electron chi connectivity index (χ3n) is 3.49. The first-order valence-electron chi connectivity index (χ1n) is 7.63. The molecule has 4 nitrogen and oxygen atoms in total. The highest BCUT2D eigenvalue weighted by molar-refractivity contribution is 6.01. The maximum absolute atomic E-state index is 12.3. The van der Waals surface area contributed by atoms with Crippen molar-refractivity contribution in [1.82, 2.24) is 0 Å². The maximum atomic E-state index is 12.3. The Morgan fingerprint density at radius 2 is 1.79 bits per heavy atom. The van der Waals surface area contributed by atoms with Crippen molar-refractivity contribution in [2.24, 2.45) is 0 Å². The largest absolute Gasteiger partial charge is 0.497 e. The molecule has 0 N–H and O–H groups in total. The number of Topliss-reactive ketones (excluding diaryl/α,β-unsaturated/α-hetero) is 1. The van der Waals surface area contributed by atoms with Crippen LogP contribution < -0.4 is 4.74 Å². The molecule has 0 bridgehead atoms. The molecule has 0 aliphatic heterocycles. The van der Waals surface area contributed by atoms with Crippen LogP contribution in [0.15, 0.2) is 54.6 Å². The van der Waals surface area contributed by atoms with Crippen molar-refractivity contribution in [3.05, 3.63) is 71.3 Å². The normalized spacial score (nSPS) is 12.0. The second-order valence-corrected chi connectivity index (χ2v) is 5.42. The molecule has 0 heterocycles. The number of hydrogen-bond acceptors (Lipinski definition) is 4.